The Balaban J connectivity index is 1.49. The van der Waals surface area contributed by atoms with E-state index >= 15 is 0 Å². The van der Waals surface area contributed by atoms with E-state index in [4.69, 9.17) is 0 Å². The zero-order chi connectivity index (χ0) is 21.3. The van der Waals surface area contributed by atoms with Crippen molar-refractivity contribution in [3.8, 4) is 0 Å². The van der Waals surface area contributed by atoms with Crippen LogP contribution in [0.3, 0.4) is 0 Å². The summed E-state index contributed by atoms with van der Waals surface area (Å²) in [5.74, 6) is -1.32. The zero-order valence-corrected chi connectivity index (χ0v) is 16.4. The van der Waals surface area contributed by atoms with Crippen molar-refractivity contribution in [1.82, 2.24) is 5.43 Å². The Kier molecular flexibility index (Phi) is 6.89. The predicted octanol–water partition coefficient (Wildman–Crippen LogP) is 4.70. The van der Waals surface area contributed by atoms with Crippen LogP contribution < -0.4 is 16.1 Å². The molecule has 7 heteroatoms. The molecule has 0 fully saturated rings. The van der Waals surface area contributed by atoms with Crippen molar-refractivity contribution in [2.24, 2.45) is 5.10 Å². The van der Waals surface area contributed by atoms with Gasteiger partial charge in [0.15, 0.2) is 0 Å². The van der Waals surface area contributed by atoms with Gasteiger partial charge < -0.3 is 10.6 Å². The zero-order valence-electron chi connectivity index (χ0n) is 16.4. The first-order chi connectivity index (χ1) is 14.5. The molecule has 30 heavy (non-hydrogen) atoms. The molecule has 0 bridgehead atoms. The maximum atomic E-state index is 13.2. The number of hydrogen-bond acceptors (Lipinski definition) is 4. The number of para-hydroxylation sites is 1. The van der Waals surface area contributed by atoms with Crippen LogP contribution in [-0.4, -0.2) is 17.5 Å². The third-order valence-corrected chi connectivity index (χ3v) is 4.08. The highest BCUT2D eigenvalue weighted by Crippen LogP contribution is 2.18. The van der Waals surface area contributed by atoms with Crippen LogP contribution in [0.5, 0.6) is 0 Å². The number of hydrogen-bond donors (Lipinski definition) is 3. The molecule has 0 atom stereocenters. The van der Waals surface area contributed by atoms with Gasteiger partial charge in [-0.1, -0.05) is 24.3 Å². The van der Waals surface area contributed by atoms with Crippen LogP contribution in [0.15, 0.2) is 84.0 Å². The number of benzene rings is 3. The lowest BCUT2D eigenvalue weighted by molar-refractivity contribution is -0.115. The van der Waals surface area contributed by atoms with E-state index in [0.29, 0.717) is 11.4 Å². The Morgan fingerprint density at radius 2 is 1.53 bits per heavy atom. The standard InChI is InChI=1S/C23H21FN4O2/c1-16(27-28-23(30)17-6-5-7-18(24)15-17)14-22(29)26-21-12-10-20(11-13-21)25-19-8-3-2-4-9-19/h2-13,15,25H,14H2,1H3,(H,26,29)(H,28,30)/b27-16-. The van der Waals surface area contributed by atoms with Gasteiger partial charge in [0.2, 0.25) is 5.91 Å². The van der Waals surface area contributed by atoms with E-state index in [-0.39, 0.29) is 17.9 Å². The van der Waals surface area contributed by atoms with E-state index in [0.717, 1.165) is 17.4 Å². The molecule has 3 aromatic carbocycles. The molecular formula is C23H21FN4O2. The lowest BCUT2D eigenvalue weighted by atomic mass is 10.2. The number of carbonyl (C=O) groups is 2. The lowest BCUT2D eigenvalue weighted by Crippen LogP contribution is -2.21. The number of anilines is 3. The van der Waals surface area contributed by atoms with Crippen LogP contribution in [0.25, 0.3) is 0 Å². The maximum absolute atomic E-state index is 13.2. The van der Waals surface area contributed by atoms with Crippen LogP contribution in [0, 0.1) is 5.82 Å². The van der Waals surface area contributed by atoms with Crippen LogP contribution >= 0.6 is 0 Å². The number of rotatable bonds is 7. The first-order valence-electron chi connectivity index (χ1n) is 9.30. The summed E-state index contributed by atoms with van der Waals surface area (Å²) in [4.78, 5) is 24.1. The van der Waals surface area contributed by atoms with Gasteiger partial charge in [-0.3, -0.25) is 9.59 Å². The number of nitrogens with zero attached hydrogens (tertiary/aromatic N) is 1. The van der Waals surface area contributed by atoms with E-state index in [2.05, 4.69) is 21.2 Å². The number of halogens is 1. The Morgan fingerprint density at radius 3 is 2.23 bits per heavy atom. The highest BCUT2D eigenvalue weighted by atomic mass is 19.1. The van der Waals surface area contributed by atoms with Gasteiger partial charge in [-0.25, -0.2) is 9.82 Å². The molecule has 2 amide bonds. The Bertz CT molecular complexity index is 1050. The Morgan fingerprint density at radius 1 is 0.867 bits per heavy atom. The minimum absolute atomic E-state index is 0.00739. The van der Waals surface area contributed by atoms with Gasteiger partial charge in [0.1, 0.15) is 5.82 Å². The van der Waals surface area contributed by atoms with Gasteiger partial charge in [0, 0.05) is 28.3 Å². The number of hydrazone groups is 1. The van der Waals surface area contributed by atoms with Gasteiger partial charge in [0.05, 0.1) is 6.42 Å². The highest BCUT2D eigenvalue weighted by Gasteiger charge is 2.08. The summed E-state index contributed by atoms with van der Waals surface area (Å²) in [6.45, 7) is 1.62. The second-order valence-electron chi connectivity index (χ2n) is 6.59. The number of carbonyl (C=O) groups excluding carboxylic acids is 2. The third-order valence-electron chi connectivity index (χ3n) is 4.08. The van der Waals surface area contributed by atoms with Crippen molar-refractivity contribution in [2.75, 3.05) is 10.6 Å². The summed E-state index contributed by atoms with van der Waals surface area (Å²) in [6, 6.07) is 22.4. The molecule has 3 rings (SSSR count). The van der Waals surface area contributed by atoms with E-state index in [9.17, 15) is 14.0 Å². The van der Waals surface area contributed by atoms with E-state index in [1.54, 1.807) is 19.1 Å². The topological polar surface area (TPSA) is 82.6 Å². The Labute approximate surface area is 173 Å². The normalized spacial score (nSPS) is 10.9. The third kappa shape index (κ3) is 6.27. The summed E-state index contributed by atoms with van der Waals surface area (Å²) in [7, 11) is 0. The van der Waals surface area contributed by atoms with Crippen molar-refractivity contribution >= 4 is 34.6 Å². The second-order valence-corrected chi connectivity index (χ2v) is 6.59. The minimum atomic E-state index is -0.546. The highest BCUT2D eigenvalue weighted by molar-refractivity contribution is 6.06. The van der Waals surface area contributed by atoms with Gasteiger partial charge in [-0.15, -0.1) is 0 Å². The van der Waals surface area contributed by atoms with Crippen molar-refractivity contribution in [3.63, 3.8) is 0 Å². The molecule has 0 radical (unpaired) electrons. The van der Waals surface area contributed by atoms with E-state index in [1.165, 1.54) is 18.2 Å². The van der Waals surface area contributed by atoms with E-state index < -0.39 is 11.7 Å². The average Bonchev–Trinajstić information content (AvgIpc) is 2.74. The molecule has 0 spiro atoms. The van der Waals surface area contributed by atoms with Gasteiger partial charge in [-0.05, 0) is 61.5 Å². The molecule has 0 saturated carbocycles. The molecule has 0 heterocycles. The quantitative estimate of drug-likeness (QED) is 0.394. The molecule has 6 nitrogen and oxygen atoms in total. The van der Waals surface area contributed by atoms with Gasteiger partial charge in [0.25, 0.3) is 5.91 Å². The fraction of sp³-hybridized carbons (Fsp3) is 0.0870. The molecule has 3 aromatic rings. The first-order valence-corrected chi connectivity index (χ1v) is 9.30. The van der Waals surface area contributed by atoms with Crippen molar-refractivity contribution in [2.45, 2.75) is 13.3 Å². The molecule has 3 N–H and O–H groups in total. The van der Waals surface area contributed by atoms with Crippen LogP contribution in [0.4, 0.5) is 21.5 Å². The number of nitrogens with one attached hydrogen (secondary N) is 3. The Hall–Kier alpha value is -4.00. The molecule has 0 aliphatic carbocycles. The summed E-state index contributed by atoms with van der Waals surface area (Å²) in [5, 5.41) is 9.94. The average molecular weight is 404 g/mol. The monoisotopic (exact) mass is 404 g/mol. The smallest absolute Gasteiger partial charge is 0.271 e. The van der Waals surface area contributed by atoms with Crippen LogP contribution in [-0.2, 0) is 4.79 Å². The van der Waals surface area contributed by atoms with Crippen LogP contribution in [0.2, 0.25) is 0 Å². The molecule has 0 unspecified atom stereocenters. The lowest BCUT2D eigenvalue weighted by Gasteiger charge is -2.09. The largest absolute Gasteiger partial charge is 0.356 e. The summed E-state index contributed by atoms with van der Waals surface area (Å²) in [5.41, 5.74) is 5.41. The second kappa shape index (κ2) is 9.97. The van der Waals surface area contributed by atoms with E-state index in [1.807, 2.05) is 42.5 Å². The molecule has 0 aliphatic heterocycles. The summed E-state index contributed by atoms with van der Waals surface area (Å²) >= 11 is 0. The van der Waals surface area contributed by atoms with Crippen molar-refractivity contribution in [3.05, 3.63) is 90.2 Å². The molecule has 0 aliphatic rings. The summed E-state index contributed by atoms with van der Waals surface area (Å²) < 4.78 is 13.2. The van der Waals surface area contributed by atoms with Gasteiger partial charge in [-0.2, -0.15) is 5.10 Å². The fourth-order valence-corrected chi connectivity index (χ4v) is 2.64. The van der Waals surface area contributed by atoms with Gasteiger partial charge >= 0.3 is 0 Å². The summed E-state index contributed by atoms with van der Waals surface area (Å²) in [6.07, 6.45) is 0.00739. The first kappa shape index (κ1) is 20.7. The maximum Gasteiger partial charge on any atom is 0.271 e. The van der Waals surface area contributed by atoms with Crippen molar-refractivity contribution < 1.29 is 14.0 Å². The van der Waals surface area contributed by atoms with Crippen LogP contribution in [0.1, 0.15) is 23.7 Å². The fourth-order valence-electron chi connectivity index (χ4n) is 2.64. The molecule has 152 valence electrons. The predicted molar refractivity (Wildman–Crippen MR) is 116 cm³/mol. The van der Waals surface area contributed by atoms with Crippen molar-refractivity contribution in [1.29, 1.82) is 0 Å². The minimum Gasteiger partial charge on any atom is -0.356 e. The number of amides is 2. The molecular weight excluding hydrogens is 383 g/mol. The SMILES string of the molecule is C/C(CC(=O)Nc1ccc(Nc2ccccc2)cc1)=N/NC(=O)c1cccc(F)c1. The molecule has 0 saturated heterocycles. The molecule has 0 aromatic heterocycles.